The summed E-state index contributed by atoms with van der Waals surface area (Å²) in [6.45, 7) is 2.89. The Kier molecular flexibility index (Phi) is 5.69. The molecule has 144 valence electrons. The lowest BCUT2D eigenvalue weighted by molar-refractivity contribution is 0.0903. The Morgan fingerprint density at radius 1 is 1.27 bits per heavy atom. The van der Waals surface area contributed by atoms with Crippen molar-refractivity contribution in [2.24, 2.45) is 5.73 Å². The second-order valence-corrected chi connectivity index (χ2v) is 9.52. The molecule has 1 unspecified atom stereocenters. The summed E-state index contributed by atoms with van der Waals surface area (Å²) < 4.78 is 27.6. The zero-order chi connectivity index (χ0) is 18.8. The molecule has 1 saturated carbocycles. The van der Waals surface area contributed by atoms with Gasteiger partial charge in [0.1, 0.15) is 0 Å². The first-order valence-electron chi connectivity index (χ1n) is 9.52. The molecule has 1 aromatic rings. The summed E-state index contributed by atoms with van der Waals surface area (Å²) in [5, 5.41) is 3.05. The minimum absolute atomic E-state index is 0.00905. The van der Waals surface area contributed by atoms with Gasteiger partial charge in [-0.15, -0.1) is 0 Å². The Balaban J connectivity index is 1.82. The molecule has 1 atom stereocenters. The summed E-state index contributed by atoms with van der Waals surface area (Å²) in [7, 11) is -3.59. The van der Waals surface area contributed by atoms with Crippen molar-refractivity contribution in [3.05, 3.63) is 29.8 Å². The normalized spacial score (nSPS) is 23.7. The molecule has 1 amide bonds. The van der Waals surface area contributed by atoms with E-state index < -0.39 is 10.0 Å². The lowest BCUT2D eigenvalue weighted by atomic mass is 9.97. The van der Waals surface area contributed by atoms with E-state index in [1.54, 1.807) is 22.5 Å². The Hall–Kier alpha value is -1.44. The molecule has 0 bridgehead atoms. The lowest BCUT2D eigenvalue weighted by Gasteiger charge is -2.32. The second-order valence-electron chi connectivity index (χ2n) is 7.63. The number of nitrogens with two attached hydrogens (primary N) is 1. The summed E-state index contributed by atoms with van der Waals surface area (Å²) >= 11 is 0. The Labute approximate surface area is 156 Å². The maximum absolute atomic E-state index is 13.0. The van der Waals surface area contributed by atoms with Gasteiger partial charge in [0.2, 0.25) is 10.0 Å². The summed E-state index contributed by atoms with van der Waals surface area (Å²) in [4.78, 5) is 12.9. The molecule has 7 heteroatoms. The lowest BCUT2D eigenvalue weighted by Crippen LogP contribution is -2.51. The number of carbonyl (C=O) groups excluding carboxylic acids is 1. The average Bonchev–Trinajstić information content (AvgIpc) is 3.11. The van der Waals surface area contributed by atoms with Crippen LogP contribution in [0.4, 0.5) is 0 Å². The zero-order valence-corrected chi connectivity index (χ0v) is 16.2. The van der Waals surface area contributed by atoms with Crippen LogP contribution in [0.25, 0.3) is 0 Å². The van der Waals surface area contributed by atoms with Crippen LogP contribution in [0.3, 0.4) is 0 Å². The van der Waals surface area contributed by atoms with Crippen molar-refractivity contribution in [2.75, 3.05) is 13.1 Å². The summed E-state index contributed by atoms with van der Waals surface area (Å²) in [6.07, 6.45) is 6.66. The first-order chi connectivity index (χ1) is 12.4. The van der Waals surface area contributed by atoms with Crippen LogP contribution in [-0.2, 0) is 10.0 Å². The van der Waals surface area contributed by atoms with Crippen molar-refractivity contribution in [1.29, 1.82) is 0 Å². The molecule has 6 nitrogen and oxygen atoms in total. The van der Waals surface area contributed by atoms with Crippen molar-refractivity contribution < 1.29 is 13.2 Å². The molecule has 0 aromatic heterocycles. The molecule has 3 N–H and O–H groups in total. The first-order valence-corrected chi connectivity index (χ1v) is 11.0. The van der Waals surface area contributed by atoms with E-state index in [1.165, 1.54) is 6.07 Å². The van der Waals surface area contributed by atoms with E-state index in [2.05, 4.69) is 5.32 Å². The van der Waals surface area contributed by atoms with E-state index in [-0.39, 0.29) is 22.4 Å². The van der Waals surface area contributed by atoms with Crippen LogP contribution in [0.1, 0.15) is 62.2 Å². The van der Waals surface area contributed by atoms with Crippen LogP contribution >= 0.6 is 0 Å². The number of hydrogen-bond donors (Lipinski definition) is 2. The molecule has 2 fully saturated rings. The van der Waals surface area contributed by atoms with Gasteiger partial charge in [-0.3, -0.25) is 4.79 Å². The predicted molar refractivity (Wildman–Crippen MR) is 101 cm³/mol. The minimum Gasteiger partial charge on any atom is -0.345 e. The Bertz CT molecular complexity index is 757. The first kappa shape index (κ1) is 19.3. The number of carbonyl (C=O) groups is 1. The van der Waals surface area contributed by atoms with E-state index in [0.29, 0.717) is 18.7 Å². The van der Waals surface area contributed by atoms with Gasteiger partial charge in [-0.05, 0) is 50.8 Å². The number of amides is 1. The fourth-order valence-electron chi connectivity index (χ4n) is 4.11. The van der Waals surface area contributed by atoms with Crippen LogP contribution < -0.4 is 11.1 Å². The van der Waals surface area contributed by atoms with Crippen LogP contribution in [0.2, 0.25) is 0 Å². The standard InChI is InChI=1S/C19H29N3O3S/c1-15-7-2-5-12-22(15)26(24,25)17-9-6-8-16(13-17)18(23)21-19(14-20)10-3-4-11-19/h6,8-9,13,15H,2-5,7,10-12,14,20H2,1H3,(H,21,23). The van der Waals surface area contributed by atoms with E-state index in [4.69, 9.17) is 5.73 Å². The van der Waals surface area contributed by atoms with E-state index in [9.17, 15) is 13.2 Å². The third-order valence-electron chi connectivity index (χ3n) is 5.77. The third kappa shape index (κ3) is 3.80. The number of hydrogen-bond acceptors (Lipinski definition) is 4. The third-order valence-corrected chi connectivity index (χ3v) is 7.78. The molecular formula is C19H29N3O3S. The molecule has 3 rings (SSSR count). The average molecular weight is 380 g/mol. The molecule has 1 aliphatic carbocycles. The van der Waals surface area contributed by atoms with Gasteiger partial charge in [-0.25, -0.2) is 8.42 Å². The number of nitrogens with one attached hydrogen (secondary N) is 1. The quantitative estimate of drug-likeness (QED) is 0.821. The maximum atomic E-state index is 13.0. The SMILES string of the molecule is CC1CCCCN1S(=O)(=O)c1cccc(C(=O)NC2(CN)CCCC2)c1. The fraction of sp³-hybridized carbons (Fsp3) is 0.632. The van der Waals surface area contributed by atoms with Gasteiger partial charge in [0.15, 0.2) is 0 Å². The highest BCUT2D eigenvalue weighted by molar-refractivity contribution is 7.89. The van der Waals surface area contributed by atoms with E-state index >= 15 is 0 Å². The summed E-state index contributed by atoms with van der Waals surface area (Å²) in [6, 6.07) is 6.35. The molecule has 1 saturated heterocycles. The predicted octanol–water partition coefficient (Wildman–Crippen LogP) is 2.25. The summed E-state index contributed by atoms with van der Waals surface area (Å²) in [5.41, 5.74) is 5.91. The van der Waals surface area contributed by atoms with Crippen molar-refractivity contribution in [3.63, 3.8) is 0 Å². The fourth-order valence-corrected chi connectivity index (χ4v) is 5.85. The number of nitrogens with zero attached hydrogens (tertiary/aromatic N) is 1. The number of rotatable bonds is 5. The van der Waals surface area contributed by atoms with Crippen molar-refractivity contribution in [2.45, 2.75) is 68.3 Å². The maximum Gasteiger partial charge on any atom is 0.251 e. The number of sulfonamides is 1. The topological polar surface area (TPSA) is 92.5 Å². The zero-order valence-electron chi connectivity index (χ0n) is 15.4. The Morgan fingerprint density at radius 2 is 2.00 bits per heavy atom. The Morgan fingerprint density at radius 3 is 2.65 bits per heavy atom. The van der Waals surface area contributed by atoms with Gasteiger partial charge in [-0.2, -0.15) is 4.31 Å². The number of piperidine rings is 1. The van der Waals surface area contributed by atoms with Crippen LogP contribution in [0.5, 0.6) is 0 Å². The van der Waals surface area contributed by atoms with Crippen molar-refractivity contribution >= 4 is 15.9 Å². The van der Waals surface area contributed by atoms with Gasteiger partial charge in [0.25, 0.3) is 5.91 Å². The largest absolute Gasteiger partial charge is 0.345 e. The van der Waals surface area contributed by atoms with Gasteiger partial charge in [-0.1, -0.05) is 25.3 Å². The minimum atomic E-state index is -3.59. The summed E-state index contributed by atoms with van der Waals surface area (Å²) in [5.74, 6) is -0.249. The van der Waals surface area contributed by atoms with E-state index in [0.717, 1.165) is 44.9 Å². The second kappa shape index (κ2) is 7.66. The van der Waals surface area contributed by atoms with Crippen molar-refractivity contribution in [1.82, 2.24) is 9.62 Å². The molecule has 1 aromatic carbocycles. The smallest absolute Gasteiger partial charge is 0.251 e. The van der Waals surface area contributed by atoms with Gasteiger partial charge >= 0.3 is 0 Å². The van der Waals surface area contributed by atoms with Crippen LogP contribution in [-0.4, -0.2) is 43.3 Å². The molecule has 1 aliphatic heterocycles. The highest BCUT2D eigenvalue weighted by Crippen LogP contribution is 2.29. The number of benzene rings is 1. The molecule has 1 heterocycles. The highest BCUT2D eigenvalue weighted by Gasteiger charge is 2.35. The van der Waals surface area contributed by atoms with Crippen LogP contribution in [0.15, 0.2) is 29.2 Å². The molecular weight excluding hydrogens is 350 g/mol. The molecule has 0 radical (unpaired) electrons. The molecule has 2 aliphatic rings. The van der Waals surface area contributed by atoms with Gasteiger partial charge in [0, 0.05) is 24.7 Å². The molecule has 0 spiro atoms. The monoisotopic (exact) mass is 379 g/mol. The molecule has 26 heavy (non-hydrogen) atoms. The van der Waals surface area contributed by atoms with Crippen molar-refractivity contribution in [3.8, 4) is 0 Å². The van der Waals surface area contributed by atoms with Gasteiger partial charge < -0.3 is 11.1 Å². The van der Waals surface area contributed by atoms with Crippen LogP contribution in [0, 0.1) is 0 Å². The van der Waals surface area contributed by atoms with Gasteiger partial charge in [0.05, 0.1) is 10.4 Å². The van der Waals surface area contributed by atoms with E-state index in [1.807, 2.05) is 6.92 Å². The highest BCUT2D eigenvalue weighted by atomic mass is 32.2.